The first-order valence-electron chi connectivity index (χ1n) is 4.84. The van der Waals surface area contributed by atoms with E-state index < -0.39 is 18.8 Å². The number of alkyl halides is 3. The molecule has 0 N–H and O–H groups in total. The molecule has 0 saturated carbocycles. The van der Waals surface area contributed by atoms with Gasteiger partial charge in [-0.1, -0.05) is 6.07 Å². The van der Waals surface area contributed by atoms with Crippen LogP contribution >= 0.6 is 0 Å². The van der Waals surface area contributed by atoms with Crippen molar-refractivity contribution < 1.29 is 32.2 Å². The highest BCUT2D eigenvalue weighted by Gasteiger charge is 2.30. The number of carbonyl (C=O) groups is 1. The third kappa shape index (κ3) is 3.54. The largest absolute Gasteiger partial charge is 0.493 e. The fourth-order valence-electron chi connectivity index (χ4n) is 1.25. The molecule has 0 aromatic heterocycles. The molecule has 1 aromatic rings. The van der Waals surface area contributed by atoms with E-state index in [1.807, 2.05) is 0 Å². The first-order chi connectivity index (χ1) is 8.39. The Morgan fingerprint density at radius 3 is 2.44 bits per heavy atom. The second-order valence-electron chi connectivity index (χ2n) is 3.23. The van der Waals surface area contributed by atoms with Crippen LogP contribution in [0.4, 0.5) is 13.2 Å². The molecule has 0 amide bonds. The van der Waals surface area contributed by atoms with E-state index in [0.29, 0.717) is 0 Å². The summed E-state index contributed by atoms with van der Waals surface area (Å²) in [6.45, 7) is -1.52. The number of hydrogen-bond donors (Lipinski definition) is 0. The van der Waals surface area contributed by atoms with Crippen molar-refractivity contribution in [2.24, 2.45) is 0 Å². The summed E-state index contributed by atoms with van der Waals surface area (Å²) >= 11 is 0. The van der Waals surface area contributed by atoms with Crippen molar-refractivity contribution in [2.45, 2.75) is 6.18 Å². The summed E-state index contributed by atoms with van der Waals surface area (Å²) in [5.41, 5.74) is -0.124. The van der Waals surface area contributed by atoms with E-state index in [2.05, 4.69) is 9.47 Å². The molecule has 100 valence electrons. The Balaban J connectivity index is 3.08. The highest BCUT2D eigenvalue weighted by atomic mass is 19.4. The van der Waals surface area contributed by atoms with Crippen LogP contribution in [0.1, 0.15) is 10.4 Å². The van der Waals surface area contributed by atoms with Gasteiger partial charge in [0.25, 0.3) is 0 Å². The van der Waals surface area contributed by atoms with Crippen molar-refractivity contribution in [2.75, 3.05) is 20.8 Å². The van der Waals surface area contributed by atoms with Crippen LogP contribution in [-0.2, 0) is 4.74 Å². The maximum absolute atomic E-state index is 12.1. The quantitative estimate of drug-likeness (QED) is 0.783. The lowest BCUT2D eigenvalue weighted by Crippen LogP contribution is -2.20. The zero-order valence-corrected chi connectivity index (χ0v) is 9.71. The summed E-state index contributed by atoms with van der Waals surface area (Å²) in [5.74, 6) is -1.06. The predicted octanol–water partition coefficient (Wildman–Crippen LogP) is 2.42. The average molecular weight is 264 g/mol. The normalized spacial score (nSPS) is 10.9. The summed E-state index contributed by atoms with van der Waals surface area (Å²) in [7, 11) is 2.38. The van der Waals surface area contributed by atoms with Gasteiger partial charge >= 0.3 is 12.1 Å². The number of para-hydroxylation sites is 1. The minimum absolute atomic E-state index is 0.0298. The molecular weight excluding hydrogens is 253 g/mol. The van der Waals surface area contributed by atoms with E-state index in [1.54, 1.807) is 0 Å². The second kappa shape index (κ2) is 5.61. The zero-order valence-electron chi connectivity index (χ0n) is 9.71. The van der Waals surface area contributed by atoms with Crippen molar-refractivity contribution in [3.63, 3.8) is 0 Å². The molecule has 7 heteroatoms. The van der Waals surface area contributed by atoms with Crippen molar-refractivity contribution >= 4 is 5.97 Å². The van der Waals surface area contributed by atoms with Crippen molar-refractivity contribution in [3.8, 4) is 11.5 Å². The maximum atomic E-state index is 12.1. The van der Waals surface area contributed by atoms with Crippen LogP contribution in [0.2, 0.25) is 0 Å². The van der Waals surface area contributed by atoms with Gasteiger partial charge in [0.2, 0.25) is 0 Å². The van der Waals surface area contributed by atoms with Crippen LogP contribution in [-0.4, -0.2) is 33.0 Å². The number of carbonyl (C=O) groups excluding carboxylic acids is 1. The number of halogens is 3. The topological polar surface area (TPSA) is 44.8 Å². The fourth-order valence-corrected chi connectivity index (χ4v) is 1.25. The predicted molar refractivity (Wildman–Crippen MR) is 55.9 cm³/mol. The number of methoxy groups -OCH3 is 2. The molecule has 0 heterocycles. The van der Waals surface area contributed by atoms with Crippen LogP contribution < -0.4 is 9.47 Å². The van der Waals surface area contributed by atoms with Gasteiger partial charge < -0.3 is 14.2 Å². The number of rotatable bonds is 4. The molecule has 0 aliphatic rings. The van der Waals surface area contributed by atoms with Gasteiger partial charge in [0.1, 0.15) is 5.56 Å². The third-order valence-corrected chi connectivity index (χ3v) is 1.98. The molecule has 0 aliphatic carbocycles. The highest BCUT2D eigenvalue weighted by Crippen LogP contribution is 2.32. The summed E-state index contributed by atoms with van der Waals surface area (Å²) in [4.78, 5) is 11.4. The van der Waals surface area contributed by atoms with E-state index in [4.69, 9.17) is 4.74 Å². The highest BCUT2D eigenvalue weighted by molar-refractivity contribution is 5.93. The summed E-state index contributed by atoms with van der Waals surface area (Å²) in [6.07, 6.45) is -4.51. The van der Waals surface area contributed by atoms with Gasteiger partial charge in [-0.25, -0.2) is 4.79 Å². The lowest BCUT2D eigenvalue weighted by Gasteiger charge is -2.14. The van der Waals surface area contributed by atoms with Crippen LogP contribution in [0.25, 0.3) is 0 Å². The Labute approximate surface area is 101 Å². The lowest BCUT2D eigenvalue weighted by atomic mass is 10.2. The van der Waals surface area contributed by atoms with E-state index >= 15 is 0 Å². The number of hydrogen-bond acceptors (Lipinski definition) is 4. The van der Waals surface area contributed by atoms with Crippen molar-refractivity contribution in [1.29, 1.82) is 0 Å². The van der Waals surface area contributed by atoms with Crippen molar-refractivity contribution in [3.05, 3.63) is 23.8 Å². The van der Waals surface area contributed by atoms with Crippen LogP contribution in [0.3, 0.4) is 0 Å². The zero-order chi connectivity index (χ0) is 13.8. The van der Waals surface area contributed by atoms with Gasteiger partial charge in [-0.2, -0.15) is 13.2 Å². The molecule has 0 radical (unpaired) electrons. The van der Waals surface area contributed by atoms with Gasteiger partial charge in [-0.05, 0) is 12.1 Å². The van der Waals surface area contributed by atoms with E-state index in [9.17, 15) is 18.0 Å². The minimum Gasteiger partial charge on any atom is -0.493 e. The molecule has 18 heavy (non-hydrogen) atoms. The molecule has 1 rings (SSSR count). The smallest absolute Gasteiger partial charge is 0.422 e. The van der Waals surface area contributed by atoms with E-state index in [0.717, 1.165) is 7.11 Å². The monoisotopic (exact) mass is 264 g/mol. The number of esters is 1. The van der Waals surface area contributed by atoms with Crippen LogP contribution in [0.15, 0.2) is 18.2 Å². The number of ether oxygens (including phenoxy) is 3. The Bertz CT molecular complexity index is 429. The van der Waals surface area contributed by atoms with Crippen LogP contribution in [0.5, 0.6) is 11.5 Å². The van der Waals surface area contributed by atoms with E-state index in [-0.39, 0.29) is 17.1 Å². The molecule has 0 spiro atoms. The second-order valence-corrected chi connectivity index (χ2v) is 3.23. The lowest BCUT2D eigenvalue weighted by molar-refractivity contribution is -0.153. The molecule has 0 bridgehead atoms. The first-order valence-corrected chi connectivity index (χ1v) is 4.84. The molecule has 0 aliphatic heterocycles. The van der Waals surface area contributed by atoms with E-state index in [1.165, 1.54) is 25.3 Å². The Kier molecular flexibility index (Phi) is 4.41. The van der Waals surface area contributed by atoms with Crippen LogP contribution in [0, 0.1) is 0 Å². The average Bonchev–Trinajstić information content (AvgIpc) is 2.33. The summed E-state index contributed by atoms with van der Waals surface area (Å²) < 4.78 is 50.2. The molecule has 4 nitrogen and oxygen atoms in total. The summed E-state index contributed by atoms with van der Waals surface area (Å²) in [5, 5.41) is 0. The molecular formula is C11H11F3O4. The van der Waals surface area contributed by atoms with Crippen molar-refractivity contribution in [1.82, 2.24) is 0 Å². The molecule has 0 saturated heterocycles. The Morgan fingerprint density at radius 2 is 1.94 bits per heavy atom. The molecule has 0 unspecified atom stereocenters. The molecule has 0 atom stereocenters. The van der Waals surface area contributed by atoms with Gasteiger partial charge in [0.15, 0.2) is 18.1 Å². The van der Waals surface area contributed by atoms with Gasteiger partial charge in [0.05, 0.1) is 14.2 Å². The third-order valence-electron chi connectivity index (χ3n) is 1.98. The maximum Gasteiger partial charge on any atom is 0.422 e. The first kappa shape index (κ1) is 14.1. The number of benzene rings is 1. The Morgan fingerprint density at radius 1 is 1.28 bits per heavy atom. The molecule has 1 aromatic carbocycles. The minimum atomic E-state index is -4.51. The van der Waals surface area contributed by atoms with Gasteiger partial charge in [-0.15, -0.1) is 0 Å². The SMILES string of the molecule is COC(=O)c1cccc(OC)c1OCC(F)(F)F. The van der Waals surface area contributed by atoms with Gasteiger partial charge in [0, 0.05) is 0 Å². The summed E-state index contributed by atoms with van der Waals surface area (Å²) in [6, 6.07) is 4.13. The van der Waals surface area contributed by atoms with Gasteiger partial charge in [-0.3, -0.25) is 0 Å². The fraction of sp³-hybridized carbons (Fsp3) is 0.364. The molecule has 0 fully saturated rings. The standard InChI is InChI=1S/C11H11F3O4/c1-16-8-5-3-4-7(10(15)17-2)9(8)18-6-11(12,13)14/h3-5H,6H2,1-2H3. The Hall–Kier alpha value is -1.92.